The van der Waals surface area contributed by atoms with E-state index in [9.17, 15) is 29.3 Å². The molecule has 0 spiro atoms. The molecule has 0 amide bonds. The minimum Gasteiger partial charge on any atom is -0.457 e. The Balaban J connectivity index is 3.77. The van der Waals surface area contributed by atoms with Crippen molar-refractivity contribution >= 4 is 19.8 Å². The molecular formula is C36H63O10P. The summed E-state index contributed by atoms with van der Waals surface area (Å²) in [5.74, 6) is -1.08. The maximum absolute atomic E-state index is 12.1. The molecule has 47 heavy (non-hydrogen) atoms. The van der Waals surface area contributed by atoms with Crippen molar-refractivity contribution in [2.24, 2.45) is 0 Å². The van der Waals surface area contributed by atoms with Crippen LogP contribution in [0.25, 0.3) is 0 Å². The summed E-state index contributed by atoms with van der Waals surface area (Å²) < 4.78 is 31.8. The van der Waals surface area contributed by atoms with Gasteiger partial charge in [-0.2, -0.15) is 0 Å². The van der Waals surface area contributed by atoms with Crippen molar-refractivity contribution < 1.29 is 47.8 Å². The van der Waals surface area contributed by atoms with Gasteiger partial charge in [0.1, 0.15) is 12.2 Å². The van der Waals surface area contributed by atoms with Crippen LogP contribution in [-0.2, 0) is 32.7 Å². The lowest BCUT2D eigenvalue weighted by Crippen LogP contribution is -2.28. The number of rotatable bonds is 32. The van der Waals surface area contributed by atoms with Gasteiger partial charge in [0.15, 0.2) is 0 Å². The summed E-state index contributed by atoms with van der Waals surface area (Å²) in [7, 11) is -4.60. The summed E-state index contributed by atoms with van der Waals surface area (Å²) in [4.78, 5) is 33.5. The fraction of sp³-hybridized carbons (Fsp3) is 0.722. The van der Waals surface area contributed by atoms with E-state index in [1.807, 2.05) is 0 Å². The maximum Gasteiger partial charge on any atom is 0.472 e. The van der Waals surface area contributed by atoms with Crippen LogP contribution in [0, 0.1) is 0 Å². The van der Waals surface area contributed by atoms with Gasteiger partial charge in [0.25, 0.3) is 0 Å². The number of carbonyl (C=O) groups excluding carboxylic acids is 2. The van der Waals surface area contributed by atoms with Gasteiger partial charge in [-0.1, -0.05) is 114 Å². The van der Waals surface area contributed by atoms with E-state index in [-0.39, 0.29) is 12.8 Å². The first kappa shape index (κ1) is 44.9. The van der Waals surface area contributed by atoms with Gasteiger partial charge in [-0.05, 0) is 51.4 Å². The third kappa shape index (κ3) is 31.0. The number of carbonyl (C=O) groups is 2. The highest BCUT2D eigenvalue weighted by atomic mass is 31.2. The van der Waals surface area contributed by atoms with E-state index in [2.05, 4.69) is 55.5 Å². The number of aliphatic hydroxyl groups excluding tert-OH is 2. The summed E-state index contributed by atoms with van der Waals surface area (Å²) >= 11 is 0. The van der Waals surface area contributed by atoms with Crippen LogP contribution in [0.15, 0.2) is 48.6 Å². The Kier molecular flexibility index (Phi) is 31.0. The zero-order valence-corrected chi connectivity index (χ0v) is 29.9. The van der Waals surface area contributed by atoms with Crippen LogP contribution in [0.4, 0.5) is 0 Å². The van der Waals surface area contributed by atoms with E-state index < -0.39 is 58.4 Å². The lowest BCUT2D eigenvalue weighted by molar-refractivity contribution is -0.153. The smallest absolute Gasteiger partial charge is 0.457 e. The number of hydrogen-bond acceptors (Lipinski definition) is 9. The number of hydrogen-bond donors (Lipinski definition) is 3. The maximum atomic E-state index is 12.1. The zero-order valence-electron chi connectivity index (χ0n) is 29.0. The third-order valence-electron chi connectivity index (χ3n) is 7.03. The van der Waals surface area contributed by atoms with Gasteiger partial charge in [-0.3, -0.25) is 18.6 Å². The van der Waals surface area contributed by atoms with Crippen molar-refractivity contribution in [1.82, 2.24) is 0 Å². The Hall–Kier alpha value is -2.07. The first-order chi connectivity index (χ1) is 22.8. The van der Waals surface area contributed by atoms with Crippen LogP contribution >= 0.6 is 7.82 Å². The zero-order chi connectivity index (χ0) is 34.9. The molecule has 0 aromatic rings. The summed E-state index contributed by atoms with van der Waals surface area (Å²) in [6, 6.07) is 0. The highest BCUT2D eigenvalue weighted by Crippen LogP contribution is 2.43. The number of esters is 2. The topological polar surface area (TPSA) is 149 Å². The predicted octanol–water partition coefficient (Wildman–Crippen LogP) is 8.21. The lowest BCUT2D eigenvalue weighted by atomic mass is 10.0. The van der Waals surface area contributed by atoms with Gasteiger partial charge in [0.2, 0.25) is 0 Å². The molecule has 0 saturated heterocycles. The number of unbranched alkanes of at least 4 members (excludes halogenated alkanes) is 10. The van der Waals surface area contributed by atoms with Crippen molar-refractivity contribution in [3.05, 3.63) is 48.6 Å². The molecule has 11 heteroatoms. The highest BCUT2D eigenvalue weighted by Gasteiger charge is 2.27. The number of aliphatic hydroxyl groups is 2. The molecule has 10 nitrogen and oxygen atoms in total. The highest BCUT2D eigenvalue weighted by molar-refractivity contribution is 7.47. The average molecular weight is 687 g/mol. The Morgan fingerprint density at radius 2 is 1.00 bits per heavy atom. The lowest BCUT2D eigenvalue weighted by Gasteiger charge is -2.20. The molecule has 3 atom stereocenters. The molecule has 3 unspecified atom stereocenters. The van der Waals surface area contributed by atoms with Crippen molar-refractivity contribution in [2.45, 2.75) is 142 Å². The van der Waals surface area contributed by atoms with Crippen LogP contribution < -0.4 is 0 Å². The van der Waals surface area contributed by atoms with Crippen molar-refractivity contribution in [3.8, 4) is 0 Å². The molecule has 0 heterocycles. The molecule has 0 aromatic carbocycles. The van der Waals surface area contributed by atoms with Gasteiger partial charge in [0.05, 0.1) is 26.4 Å². The van der Waals surface area contributed by atoms with E-state index in [1.54, 1.807) is 6.92 Å². The molecule has 0 bridgehead atoms. The largest absolute Gasteiger partial charge is 0.472 e. The molecule has 0 radical (unpaired) electrons. The van der Waals surface area contributed by atoms with E-state index in [0.717, 1.165) is 51.4 Å². The second kappa shape index (κ2) is 32.5. The number of phosphoric acid groups is 1. The predicted molar refractivity (Wildman–Crippen MR) is 187 cm³/mol. The molecular weight excluding hydrogens is 623 g/mol. The van der Waals surface area contributed by atoms with Crippen LogP contribution in [0.1, 0.15) is 129 Å². The summed E-state index contributed by atoms with van der Waals surface area (Å²) in [6.45, 7) is 1.63. The van der Waals surface area contributed by atoms with E-state index in [0.29, 0.717) is 12.8 Å². The van der Waals surface area contributed by atoms with E-state index >= 15 is 0 Å². The molecule has 0 aliphatic heterocycles. The molecule has 0 rings (SSSR count). The fourth-order valence-electron chi connectivity index (χ4n) is 4.38. The number of allylic oxidation sites excluding steroid dienone is 8. The minimum absolute atomic E-state index is 0.141. The van der Waals surface area contributed by atoms with E-state index in [1.165, 1.54) is 38.5 Å². The Morgan fingerprint density at radius 1 is 0.596 bits per heavy atom. The monoisotopic (exact) mass is 686 g/mol. The molecule has 0 aromatic heterocycles. The van der Waals surface area contributed by atoms with Gasteiger partial charge < -0.3 is 24.6 Å². The average Bonchev–Trinajstić information content (AvgIpc) is 3.05. The van der Waals surface area contributed by atoms with Crippen molar-refractivity contribution in [2.75, 3.05) is 26.4 Å². The quantitative estimate of drug-likeness (QED) is 0.0274. The standard InChI is InChI=1S/C36H63O10P/c1-3-5-6-7-8-9-10-11-12-13-14-15-16-17-18-19-20-21-22-23-24-25-26-28-36(40)46-34(30-38)32-44-47(41,42)43-31-33(29-37)45-35(39)27-4-2/h5-6,8-9,11-12,14-15,33-34,37-38H,3-4,7,10,13,16-32H2,1-2H3,(H,41,42)/b6-5-,9-8-,12-11-,15-14-. The Bertz CT molecular complexity index is 931. The molecule has 0 aliphatic carbocycles. The molecule has 272 valence electrons. The van der Waals surface area contributed by atoms with Crippen molar-refractivity contribution in [1.29, 1.82) is 0 Å². The molecule has 0 aliphatic rings. The van der Waals surface area contributed by atoms with E-state index in [4.69, 9.17) is 18.5 Å². The fourth-order valence-corrected chi connectivity index (χ4v) is 5.16. The van der Waals surface area contributed by atoms with Crippen LogP contribution in [0.2, 0.25) is 0 Å². The second-order valence-corrected chi connectivity index (χ2v) is 12.9. The Morgan fingerprint density at radius 3 is 1.45 bits per heavy atom. The Labute approximate surface area is 283 Å². The molecule has 0 saturated carbocycles. The SMILES string of the molecule is CC/C=C\C/C=C\C/C=C\C/C=C\CCCCCCCCCCCCC(=O)OC(CO)COP(=O)(O)OCC(CO)OC(=O)CCC. The summed E-state index contributed by atoms with van der Waals surface area (Å²) in [5, 5.41) is 18.7. The first-order valence-corrected chi connectivity index (χ1v) is 19.1. The normalized spacial score (nSPS) is 14.7. The van der Waals surface area contributed by atoms with Crippen LogP contribution in [-0.4, -0.2) is 65.7 Å². The van der Waals surface area contributed by atoms with Crippen LogP contribution in [0.3, 0.4) is 0 Å². The summed E-state index contributed by atoms with van der Waals surface area (Å²) in [6.07, 6.45) is 32.9. The van der Waals surface area contributed by atoms with Gasteiger partial charge >= 0.3 is 19.8 Å². The number of ether oxygens (including phenoxy) is 2. The summed E-state index contributed by atoms with van der Waals surface area (Å²) in [5.41, 5.74) is 0. The minimum atomic E-state index is -4.60. The first-order valence-electron chi connectivity index (χ1n) is 17.6. The second-order valence-electron chi connectivity index (χ2n) is 11.5. The molecule has 0 fully saturated rings. The number of phosphoric ester groups is 1. The van der Waals surface area contributed by atoms with Crippen LogP contribution in [0.5, 0.6) is 0 Å². The van der Waals surface area contributed by atoms with Crippen molar-refractivity contribution in [3.63, 3.8) is 0 Å². The molecule has 3 N–H and O–H groups in total. The van der Waals surface area contributed by atoms with Gasteiger partial charge in [-0.15, -0.1) is 0 Å². The van der Waals surface area contributed by atoms with Gasteiger partial charge in [0, 0.05) is 12.8 Å². The third-order valence-corrected chi connectivity index (χ3v) is 7.98. The van der Waals surface area contributed by atoms with Gasteiger partial charge in [-0.25, -0.2) is 4.57 Å².